The van der Waals surface area contributed by atoms with Gasteiger partial charge in [-0.15, -0.1) is 0 Å². The van der Waals surface area contributed by atoms with Gasteiger partial charge in [-0.3, -0.25) is 9.36 Å². The number of aromatic amines is 1. The van der Waals surface area contributed by atoms with Crippen LogP contribution >= 0.6 is 0 Å². The van der Waals surface area contributed by atoms with E-state index >= 15 is 0 Å². The van der Waals surface area contributed by atoms with Crippen molar-refractivity contribution in [2.24, 2.45) is 0 Å². The molecule has 0 unspecified atom stereocenters. The molecule has 1 aliphatic rings. The predicted octanol–water partition coefficient (Wildman–Crippen LogP) is 2.92. The van der Waals surface area contributed by atoms with Crippen molar-refractivity contribution in [3.63, 3.8) is 0 Å². The van der Waals surface area contributed by atoms with Gasteiger partial charge in [0.05, 0.1) is 7.11 Å². The van der Waals surface area contributed by atoms with Crippen LogP contribution < -0.4 is 10.3 Å². The first-order chi connectivity index (χ1) is 10.9. The number of methoxy groups -OCH3 is 1. The lowest BCUT2D eigenvalue weighted by Gasteiger charge is -2.16. The van der Waals surface area contributed by atoms with Gasteiger partial charge in [0.2, 0.25) is 0 Å². The summed E-state index contributed by atoms with van der Waals surface area (Å²) in [6.45, 7) is 7.93. The molecule has 0 amide bonds. The summed E-state index contributed by atoms with van der Waals surface area (Å²) in [7, 11) is 0.444. The normalized spacial score (nSPS) is 15.3. The Morgan fingerprint density at radius 2 is 2.13 bits per heavy atom. The maximum absolute atomic E-state index is 12.3. The summed E-state index contributed by atoms with van der Waals surface area (Å²) in [6.07, 6.45) is 4.11. The van der Waals surface area contributed by atoms with Crippen LogP contribution in [0.2, 0.25) is 25.7 Å². The van der Waals surface area contributed by atoms with E-state index in [1.165, 1.54) is 0 Å². The molecular weight excluding hydrogens is 310 g/mol. The van der Waals surface area contributed by atoms with Crippen LogP contribution in [0.4, 0.5) is 0 Å². The fourth-order valence-electron chi connectivity index (χ4n) is 2.66. The van der Waals surface area contributed by atoms with Crippen LogP contribution in [-0.2, 0) is 11.5 Å². The quantitative estimate of drug-likeness (QED) is 0.624. The number of nitrogens with zero attached hydrogens (tertiary/aromatic N) is 2. The number of imidazole rings is 1. The third-order valence-electron chi connectivity index (χ3n) is 4.20. The average Bonchev–Trinajstić information content (AvgIpc) is 3.24. The van der Waals surface area contributed by atoms with Gasteiger partial charge >= 0.3 is 0 Å². The first-order valence-electron chi connectivity index (χ1n) is 8.14. The number of pyridine rings is 1. The first-order valence-corrected chi connectivity index (χ1v) is 11.8. The highest BCUT2D eigenvalue weighted by molar-refractivity contribution is 6.76. The van der Waals surface area contributed by atoms with Gasteiger partial charge < -0.3 is 14.5 Å². The molecule has 0 aliphatic heterocycles. The van der Waals surface area contributed by atoms with E-state index in [0.29, 0.717) is 30.8 Å². The molecule has 0 aromatic carbocycles. The highest BCUT2D eigenvalue weighted by atomic mass is 28.3. The fourth-order valence-corrected chi connectivity index (χ4v) is 3.42. The van der Waals surface area contributed by atoms with Crippen molar-refractivity contribution in [3.05, 3.63) is 22.1 Å². The topological polar surface area (TPSA) is 69.1 Å². The van der Waals surface area contributed by atoms with Gasteiger partial charge in [-0.05, 0) is 30.4 Å². The van der Waals surface area contributed by atoms with Gasteiger partial charge in [-0.25, -0.2) is 0 Å². The molecule has 3 rings (SSSR count). The van der Waals surface area contributed by atoms with E-state index in [0.717, 1.165) is 30.0 Å². The van der Waals surface area contributed by atoms with Gasteiger partial charge in [0.15, 0.2) is 0 Å². The average molecular weight is 335 g/mol. The minimum absolute atomic E-state index is 0.144. The smallest absolute Gasteiger partial charge is 0.299 e. The van der Waals surface area contributed by atoms with E-state index in [9.17, 15) is 4.79 Å². The Bertz CT molecular complexity index is 756. The molecule has 2 aromatic rings. The standard InChI is InChI=1S/C16H25N3O3Si/c1-21-16-18-13-12(11-5-6-11)9-17-15(20)14(13)19(16)10-22-7-8-23(2,3)4/h9,11H,5-8,10H2,1-4H3,(H,17,20). The van der Waals surface area contributed by atoms with Crippen molar-refractivity contribution in [1.29, 1.82) is 0 Å². The highest BCUT2D eigenvalue weighted by Crippen LogP contribution is 2.42. The van der Waals surface area contributed by atoms with Crippen molar-refractivity contribution in [1.82, 2.24) is 14.5 Å². The van der Waals surface area contributed by atoms with Gasteiger partial charge in [0.25, 0.3) is 11.6 Å². The number of H-pyrrole nitrogens is 1. The van der Waals surface area contributed by atoms with Crippen molar-refractivity contribution in [2.45, 2.75) is 51.2 Å². The number of hydrogen-bond acceptors (Lipinski definition) is 4. The Morgan fingerprint density at radius 1 is 1.39 bits per heavy atom. The summed E-state index contributed by atoms with van der Waals surface area (Å²) in [5.74, 6) is 0.509. The largest absolute Gasteiger partial charge is 0.468 e. The maximum atomic E-state index is 12.3. The van der Waals surface area contributed by atoms with Gasteiger partial charge in [-0.1, -0.05) is 19.6 Å². The number of ether oxygens (including phenoxy) is 2. The lowest BCUT2D eigenvalue weighted by atomic mass is 10.1. The molecule has 1 saturated carbocycles. The molecule has 0 radical (unpaired) electrons. The molecule has 7 heteroatoms. The fraction of sp³-hybridized carbons (Fsp3) is 0.625. The van der Waals surface area contributed by atoms with Crippen LogP contribution in [0.15, 0.2) is 11.0 Å². The maximum Gasteiger partial charge on any atom is 0.299 e. The molecule has 0 bridgehead atoms. The summed E-state index contributed by atoms with van der Waals surface area (Å²) in [6, 6.07) is 1.53. The molecular formula is C16H25N3O3Si. The van der Waals surface area contributed by atoms with Crippen LogP contribution in [0.1, 0.15) is 24.3 Å². The van der Waals surface area contributed by atoms with Crippen molar-refractivity contribution in [2.75, 3.05) is 13.7 Å². The van der Waals surface area contributed by atoms with Crippen molar-refractivity contribution in [3.8, 4) is 6.01 Å². The summed E-state index contributed by atoms with van der Waals surface area (Å²) >= 11 is 0. The minimum Gasteiger partial charge on any atom is -0.468 e. The second-order valence-electron chi connectivity index (χ2n) is 7.42. The molecule has 23 heavy (non-hydrogen) atoms. The molecule has 1 aliphatic carbocycles. The Balaban J connectivity index is 1.89. The SMILES string of the molecule is COc1nc2c(C3CC3)c[nH]c(=O)c2n1COCC[Si](C)(C)C. The molecule has 1 N–H and O–H groups in total. The zero-order valence-electron chi connectivity index (χ0n) is 14.3. The van der Waals surface area contributed by atoms with E-state index < -0.39 is 8.07 Å². The van der Waals surface area contributed by atoms with Crippen LogP contribution in [0.3, 0.4) is 0 Å². The molecule has 6 nitrogen and oxygen atoms in total. The highest BCUT2D eigenvalue weighted by Gasteiger charge is 2.29. The van der Waals surface area contributed by atoms with E-state index in [4.69, 9.17) is 9.47 Å². The summed E-state index contributed by atoms with van der Waals surface area (Å²) in [4.78, 5) is 19.7. The van der Waals surface area contributed by atoms with Crippen LogP contribution in [-0.4, -0.2) is 36.3 Å². The van der Waals surface area contributed by atoms with Gasteiger partial charge in [0.1, 0.15) is 17.8 Å². The Kier molecular flexibility index (Phi) is 4.33. The van der Waals surface area contributed by atoms with Crippen molar-refractivity contribution >= 4 is 19.1 Å². The molecule has 126 valence electrons. The van der Waals surface area contributed by atoms with Crippen LogP contribution in [0.25, 0.3) is 11.0 Å². The number of fused-ring (bicyclic) bond motifs is 1. The third-order valence-corrected chi connectivity index (χ3v) is 5.90. The number of nitrogens with one attached hydrogen (secondary N) is 1. The Labute approximate surface area is 136 Å². The summed E-state index contributed by atoms with van der Waals surface area (Å²) < 4.78 is 12.9. The number of hydrogen-bond donors (Lipinski definition) is 1. The van der Waals surface area contributed by atoms with Crippen LogP contribution in [0, 0.1) is 0 Å². The van der Waals surface area contributed by atoms with Crippen LogP contribution in [0.5, 0.6) is 6.01 Å². The molecule has 0 spiro atoms. The molecule has 2 aromatic heterocycles. The van der Waals surface area contributed by atoms with E-state index in [-0.39, 0.29) is 5.56 Å². The molecule has 2 heterocycles. The lowest BCUT2D eigenvalue weighted by Crippen LogP contribution is -2.22. The predicted molar refractivity (Wildman–Crippen MR) is 93.0 cm³/mol. The lowest BCUT2D eigenvalue weighted by molar-refractivity contribution is 0.0836. The molecule has 0 saturated heterocycles. The number of aromatic nitrogens is 3. The number of rotatable bonds is 7. The third kappa shape index (κ3) is 3.50. The first kappa shape index (κ1) is 16.3. The zero-order chi connectivity index (χ0) is 16.6. The molecule has 0 atom stereocenters. The summed E-state index contributed by atoms with van der Waals surface area (Å²) in [5.41, 5.74) is 2.27. The second-order valence-corrected chi connectivity index (χ2v) is 13.0. The molecule has 1 fully saturated rings. The Hall–Kier alpha value is -1.60. The second kappa shape index (κ2) is 6.12. The van der Waals surface area contributed by atoms with E-state index in [2.05, 4.69) is 29.6 Å². The Morgan fingerprint density at radius 3 is 2.74 bits per heavy atom. The zero-order valence-corrected chi connectivity index (χ0v) is 15.3. The van der Waals surface area contributed by atoms with E-state index in [1.807, 2.05) is 0 Å². The van der Waals surface area contributed by atoms with Gasteiger partial charge in [-0.2, -0.15) is 4.98 Å². The van der Waals surface area contributed by atoms with Gasteiger partial charge in [0, 0.05) is 20.9 Å². The van der Waals surface area contributed by atoms with E-state index in [1.54, 1.807) is 17.9 Å². The summed E-state index contributed by atoms with van der Waals surface area (Å²) in [5, 5.41) is 0. The van der Waals surface area contributed by atoms with Crippen molar-refractivity contribution < 1.29 is 9.47 Å². The minimum atomic E-state index is -1.13. The monoisotopic (exact) mass is 335 g/mol.